The van der Waals surface area contributed by atoms with Gasteiger partial charge in [0.05, 0.1) is 11.5 Å². The van der Waals surface area contributed by atoms with E-state index in [2.05, 4.69) is 5.32 Å². The van der Waals surface area contributed by atoms with Gasteiger partial charge in [0.15, 0.2) is 0 Å². The molecule has 0 bridgehead atoms. The summed E-state index contributed by atoms with van der Waals surface area (Å²) in [5.41, 5.74) is 0.598. The lowest BCUT2D eigenvalue weighted by Crippen LogP contribution is -2.51. The fourth-order valence-electron chi connectivity index (χ4n) is 3.35. The van der Waals surface area contributed by atoms with Gasteiger partial charge < -0.3 is 15.0 Å². The Kier molecular flexibility index (Phi) is 4.60. The standard InChI is InChI=1S/C17H21ClN2O3/c1-20-11-12(10-15(20)21)16(22)19-17(6-8-23-9-7-17)13-2-4-14(18)5-3-13/h2-5,12H,6-11H2,1H3,(H,19,22)/t12-/m0/s1. The second-order valence-electron chi connectivity index (χ2n) is 6.37. The van der Waals surface area contributed by atoms with Crippen molar-refractivity contribution < 1.29 is 14.3 Å². The van der Waals surface area contributed by atoms with E-state index in [4.69, 9.17) is 16.3 Å². The topological polar surface area (TPSA) is 58.6 Å². The number of nitrogens with zero attached hydrogens (tertiary/aromatic N) is 1. The van der Waals surface area contributed by atoms with Crippen molar-refractivity contribution in [3.63, 3.8) is 0 Å². The van der Waals surface area contributed by atoms with Crippen molar-refractivity contribution in [1.82, 2.24) is 10.2 Å². The maximum absolute atomic E-state index is 12.7. The molecule has 0 radical (unpaired) electrons. The van der Waals surface area contributed by atoms with Crippen molar-refractivity contribution in [3.8, 4) is 0 Å². The molecular formula is C17H21ClN2O3. The summed E-state index contributed by atoms with van der Waals surface area (Å²) in [6.07, 6.45) is 1.73. The number of carbonyl (C=O) groups excluding carboxylic acids is 2. The van der Waals surface area contributed by atoms with Crippen LogP contribution >= 0.6 is 11.6 Å². The Bertz CT molecular complexity index is 596. The van der Waals surface area contributed by atoms with Crippen molar-refractivity contribution >= 4 is 23.4 Å². The Balaban J connectivity index is 1.81. The molecule has 5 nitrogen and oxygen atoms in total. The Morgan fingerprint density at radius 2 is 1.96 bits per heavy atom. The zero-order valence-corrected chi connectivity index (χ0v) is 13.9. The van der Waals surface area contributed by atoms with E-state index in [1.165, 1.54) is 0 Å². The molecular weight excluding hydrogens is 316 g/mol. The molecule has 2 aliphatic heterocycles. The first-order chi connectivity index (χ1) is 11.0. The number of amides is 2. The molecule has 1 N–H and O–H groups in total. The van der Waals surface area contributed by atoms with Gasteiger partial charge in [-0.3, -0.25) is 9.59 Å². The van der Waals surface area contributed by atoms with Crippen LogP contribution in [0.2, 0.25) is 5.02 Å². The zero-order valence-electron chi connectivity index (χ0n) is 13.2. The molecule has 6 heteroatoms. The smallest absolute Gasteiger partial charge is 0.226 e. The van der Waals surface area contributed by atoms with Gasteiger partial charge in [-0.15, -0.1) is 0 Å². The highest BCUT2D eigenvalue weighted by Gasteiger charge is 2.40. The van der Waals surface area contributed by atoms with Crippen molar-refractivity contribution in [2.24, 2.45) is 5.92 Å². The summed E-state index contributed by atoms with van der Waals surface area (Å²) in [5.74, 6) is -0.309. The average molecular weight is 337 g/mol. The minimum absolute atomic E-state index is 0.0256. The van der Waals surface area contributed by atoms with Gasteiger partial charge in [0.2, 0.25) is 11.8 Å². The van der Waals surface area contributed by atoms with E-state index < -0.39 is 5.54 Å². The molecule has 0 saturated carbocycles. The van der Waals surface area contributed by atoms with Gasteiger partial charge in [0.1, 0.15) is 0 Å². The van der Waals surface area contributed by atoms with Crippen molar-refractivity contribution in [2.75, 3.05) is 26.8 Å². The zero-order chi connectivity index (χ0) is 16.4. The second kappa shape index (κ2) is 6.49. The quantitative estimate of drug-likeness (QED) is 0.917. The van der Waals surface area contributed by atoms with Crippen LogP contribution in [0.15, 0.2) is 24.3 Å². The lowest BCUT2D eigenvalue weighted by molar-refractivity contribution is -0.130. The Labute approximate surface area is 140 Å². The van der Waals surface area contributed by atoms with Crippen LogP contribution < -0.4 is 5.32 Å². The minimum atomic E-state index is -0.440. The first kappa shape index (κ1) is 16.3. The Morgan fingerprint density at radius 3 is 2.52 bits per heavy atom. The summed E-state index contributed by atoms with van der Waals surface area (Å²) in [7, 11) is 1.74. The van der Waals surface area contributed by atoms with Crippen LogP contribution in [0.4, 0.5) is 0 Å². The summed E-state index contributed by atoms with van der Waals surface area (Å²) in [6.45, 7) is 1.69. The summed E-state index contributed by atoms with van der Waals surface area (Å²) in [5, 5.41) is 3.88. The fraction of sp³-hybridized carbons (Fsp3) is 0.529. The highest BCUT2D eigenvalue weighted by Crippen LogP contribution is 2.33. The lowest BCUT2D eigenvalue weighted by Gasteiger charge is -2.39. The van der Waals surface area contributed by atoms with Gasteiger partial charge in [-0.1, -0.05) is 23.7 Å². The van der Waals surface area contributed by atoms with Gasteiger partial charge in [0, 0.05) is 38.2 Å². The van der Waals surface area contributed by atoms with E-state index in [-0.39, 0.29) is 24.2 Å². The van der Waals surface area contributed by atoms with Crippen LogP contribution in [-0.4, -0.2) is 43.5 Å². The van der Waals surface area contributed by atoms with Crippen molar-refractivity contribution in [1.29, 1.82) is 0 Å². The molecule has 0 aromatic heterocycles. The molecule has 23 heavy (non-hydrogen) atoms. The molecule has 1 atom stereocenters. The molecule has 2 fully saturated rings. The van der Waals surface area contributed by atoms with E-state index in [9.17, 15) is 9.59 Å². The molecule has 2 saturated heterocycles. The number of nitrogens with one attached hydrogen (secondary N) is 1. The number of rotatable bonds is 3. The van der Waals surface area contributed by atoms with Gasteiger partial charge >= 0.3 is 0 Å². The predicted octanol–water partition coefficient (Wildman–Crippen LogP) is 1.94. The van der Waals surface area contributed by atoms with Gasteiger partial charge in [-0.25, -0.2) is 0 Å². The molecule has 2 aliphatic rings. The Morgan fingerprint density at radius 1 is 1.30 bits per heavy atom. The van der Waals surface area contributed by atoms with Crippen LogP contribution in [0.3, 0.4) is 0 Å². The molecule has 0 aliphatic carbocycles. The van der Waals surface area contributed by atoms with Crippen LogP contribution in [0.5, 0.6) is 0 Å². The Hall–Kier alpha value is -1.59. The number of likely N-dealkylation sites (tertiary alicyclic amines) is 1. The normalized spacial score (nSPS) is 23.8. The first-order valence-corrected chi connectivity index (χ1v) is 8.28. The molecule has 0 spiro atoms. The second-order valence-corrected chi connectivity index (χ2v) is 6.80. The van der Waals surface area contributed by atoms with E-state index >= 15 is 0 Å². The third-order valence-electron chi connectivity index (χ3n) is 4.82. The number of benzene rings is 1. The first-order valence-electron chi connectivity index (χ1n) is 7.90. The van der Waals surface area contributed by atoms with Crippen LogP contribution in [0.25, 0.3) is 0 Å². The molecule has 0 unspecified atom stereocenters. The number of hydrogen-bond donors (Lipinski definition) is 1. The number of halogens is 1. The summed E-state index contributed by atoms with van der Waals surface area (Å²) in [4.78, 5) is 26.0. The highest BCUT2D eigenvalue weighted by molar-refractivity contribution is 6.30. The summed E-state index contributed by atoms with van der Waals surface area (Å²) in [6, 6.07) is 7.60. The third kappa shape index (κ3) is 3.35. The minimum Gasteiger partial charge on any atom is -0.381 e. The molecule has 1 aromatic rings. The summed E-state index contributed by atoms with van der Waals surface area (Å²) >= 11 is 5.98. The highest BCUT2D eigenvalue weighted by atomic mass is 35.5. The van der Waals surface area contributed by atoms with Gasteiger partial charge in [0.25, 0.3) is 0 Å². The molecule has 1 aromatic carbocycles. The monoisotopic (exact) mass is 336 g/mol. The lowest BCUT2D eigenvalue weighted by atomic mass is 9.82. The summed E-state index contributed by atoms with van der Waals surface area (Å²) < 4.78 is 5.47. The molecule has 2 heterocycles. The number of ether oxygens (including phenoxy) is 1. The fourth-order valence-corrected chi connectivity index (χ4v) is 3.48. The number of carbonyl (C=O) groups is 2. The van der Waals surface area contributed by atoms with E-state index in [0.717, 1.165) is 18.4 Å². The van der Waals surface area contributed by atoms with Crippen LogP contribution in [0.1, 0.15) is 24.8 Å². The van der Waals surface area contributed by atoms with Gasteiger partial charge in [-0.05, 0) is 30.5 Å². The predicted molar refractivity (Wildman–Crippen MR) is 87.1 cm³/mol. The van der Waals surface area contributed by atoms with E-state index in [1.807, 2.05) is 24.3 Å². The van der Waals surface area contributed by atoms with E-state index in [1.54, 1.807) is 11.9 Å². The maximum atomic E-state index is 12.7. The molecule has 2 amide bonds. The van der Waals surface area contributed by atoms with Gasteiger partial charge in [-0.2, -0.15) is 0 Å². The molecule has 124 valence electrons. The maximum Gasteiger partial charge on any atom is 0.226 e. The number of hydrogen-bond acceptors (Lipinski definition) is 3. The molecule has 3 rings (SSSR count). The van der Waals surface area contributed by atoms with E-state index in [0.29, 0.717) is 24.8 Å². The third-order valence-corrected chi connectivity index (χ3v) is 5.07. The van der Waals surface area contributed by atoms with Crippen molar-refractivity contribution in [2.45, 2.75) is 24.8 Å². The van der Waals surface area contributed by atoms with Crippen LogP contribution in [0, 0.1) is 5.92 Å². The largest absolute Gasteiger partial charge is 0.381 e. The van der Waals surface area contributed by atoms with Crippen LogP contribution in [-0.2, 0) is 19.9 Å². The SMILES string of the molecule is CN1C[C@@H](C(=O)NC2(c3ccc(Cl)cc3)CCOCC2)CC1=O. The van der Waals surface area contributed by atoms with Crippen molar-refractivity contribution in [3.05, 3.63) is 34.9 Å². The average Bonchev–Trinajstić information content (AvgIpc) is 2.88.